The molecule has 1 amide bonds. The van der Waals surface area contributed by atoms with Crippen molar-refractivity contribution in [1.29, 1.82) is 0 Å². The Morgan fingerprint density at radius 3 is 2.16 bits per heavy atom. The molecule has 6 nitrogen and oxygen atoms in total. The molecule has 1 atom stereocenters. The molecule has 1 aliphatic rings. The van der Waals surface area contributed by atoms with Gasteiger partial charge in [-0.05, 0) is 80.0 Å². The van der Waals surface area contributed by atoms with Crippen LogP contribution in [0.5, 0.6) is 0 Å². The fourth-order valence-corrected chi connectivity index (χ4v) is 5.21. The monoisotopic (exact) mass is 492 g/mol. The molecular weight excluding hydrogens is 471 g/mol. The van der Waals surface area contributed by atoms with Gasteiger partial charge in [-0.25, -0.2) is 8.42 Å². The number of benzene rings is 2. The van der Waals surface area contributed by atoms with Gasteiger partial charge in [-0.3, -0.25) is 9.69 Å². The second kappa shape index (κ2) is 9.67. The summed E-state index contributed by atoms with van der Waals surface area (Å²) >= 11 is 11.9. The highest BCUT2D eigenvalue weighted by atomic mass is 35.5. The van der Waals surface area contributed by atoms with Crippen LogP contribution in [0.25, 0.3) is 0 Å². The molecule has 0 saturated carbocycles. The summed E-state index contributed by atoms with van der Waals surface area (Å²) in [6.45, 7) is 2.27. The quantitative estimate of drug-likeness (QED) is 0.502. The average molecular weight is 493 g/mol. The van der Waals surface area contributed by atoms with E-state index < -0.39 is 15.7 Å². The van der Waals surface area contributed by atoms with Crippen molar-refractivity contribution in [2.45, 2.75) is 28.9 Å². The number of halogens is 2. The lowest BCUT2D eigenvalue weighted by molar-refractivity contribution is 0.0905. The number of hydrogen-bond acceptors (Lipinski definition) is 5. The van der Waals surface area contributed by atoms with Crippen LogP contribution < -0.4 is 5.32 Å². The molecule has 1 aliphatic heterocycles. The number of rotatable bonds is 7. The molecule has 0 aliphatic carbocycles. The minimum atomic E-state index is -3.89. The first kappa shape index (κ1) is 22.9. The van der Waals surface area contributed by atoms with Crippen LogP contribution >= 0.6 is 23.2 Å². The molecule has 9 heteroatoms. The third-order valence-electron chi connectivity index (χ3n) is 5.49. The van der Waals surface area contributed by atoms with Crippen LogP contribution in [0.2, 0.25) is 10.0 Å². The maximum atomic E-state index is 12.7. The highest BCUT2D eigenvalue weighted by Crippen LogP contribution is 2.27. The lowest BCUT2D eigenvalue weighted by atomic mass is 10.1. The zero-order chi connectivity index (χ0) is 22.7. The lowest BCUT2D eigenvalue weighted by Crippen LogP contribution is -2.36. The summed E-state index contributed by atoms with van der Waals surface area (Å²) in [5.41, 5.74) is 1.06. The van der Waals surface area contributed by atoms with Gasteiger partial charge in [0.2, 0.25) is 14.9 Å². The largest absolute Gasteiger partial charge is 0.439 e. The van der Waals surface area contributed by atoms with Gasteiger partial charge in [-0.15, -0.1) is 0 Å². The molecule has 168 valence electrons. The molecule has 2 heterocycles. The van der Waals surface area contributed by atoms with E-state index >= 15 is 0 Å². The van der Waals surface area contributed by atoms with Crippen LogP contribution in [0.15, 0.2) is 75.1 Å². The SMILES string of the molecule is O=C(NCC(c1ccc(Cl)cc1)N1CCCC1)c1ccc(S(=O)(=O)c2ccc(Cl)cc2)o1. The smallest absolute Gasteiger partial charge is 0.287 e. The second-order valence-electron chi connectivity index (χ2n) is 7.60. The standard InChI is InChI=1S/C23H22Cl2N2O4S/c24-17-5-3-16(4-6-17)20(27-13-1-2-14-27)15-26-23(28)21-11-12-22(31-21)32(29,30)19-9-7-18(25)8-10-19/h3-12,20H,1-2,13-15H2,(H,26,28). The maximum Gasteiger partial charge on any atom is 0.287 e. The van der Waals surface area contributed by atoms with Gasteiger partial charge in [0.1, 0.15) is 0 Å². The summed E-state index contributed by atoms with van der Waals surface area (Å²) in [6, 6.07) is 16.0. The van der Waals surface area contributed by atoms with E-state index in [0.717, 1.165) is 31.5 Å². The van der Waals surface area contributed by atoms with E-state index in [1.807, 2.05) is 24.3 Å². The Balaban J connectivity index is 1.48. The number of amides is 1. The van der Waals surface area contributed by atoms with Crippen molar-refractivity contribution in [2.75, 3.05) is 19.6 Å². The van der Waals surface area contributed by atoms with Crippen molar-refractivity contribution < 1.29 is 17.6 Å². The molecule has 1 unspecified atom stereocenters. The zero-order valence-corrected chi connectivity index (χ0v) is 19.5. The Kier molecular flexibility index (Phi) is 6.90. The molecule has 3 aromatic rings. The van der Waals surface area contributed by atoms with Crippen LogP contribution in [-0.2, 0) is 9.84 Å². The predicted octanol–water partition coefficient (Wildman–Crippen LogP) is 4.99. The third-order valence-corrected chi connectivity index (χ3v) is 7.63. The summed E-state index contributed by atoms with van der Waals surface area (Å²) in [7, 11) is -3.89. The van der Waals surface area contributed by atoms with E-state index in [4.69, 9.17) is 27.6 Å². The van der Waals surface area contributed by atoms with E-state index in [0.29, 0.717) is 16.6 Å². The van der Waals surface area contributed by atoms with Gasteiger partial charge in [-0.1, -0.05) is 35.3 Å². The number of carbonyl (C=O) groups is 1. The van der Waals surface area contributed by atoms with Gasteiger partial charge < -0.3 is 9.73 Å². The normalized spacial score (nSPS) is 15.6. The summed E-state index contributed by atoms with van der Waals surface area (Å²) < 4.78 is 30.9. The van der Waals surface area contributed by atoms with Gasteiger partial charge >= 0.3 is 0 Å². The van der Waals surface area contributed by atoms with Gasteiger partial charge in [0.15, 0.2) is 5.76 Å². The number of sulfone groups is 1. The van der Waals surface area contributed by atoms with Gasteiger partial charge in [0.05, 0.1) is 10.9 Å². The molecule has 0 bridgehead atoms. The van der Waals surface area contributed by atoms with E-state index in [-0.39, 0.29) is 21.8 Å². The highest BCUT2D eigenvalue weighted by Gasteiger charge is 2.26. The number of nitrogens with one attached hydrogen (secondary N) is 1. The summed E-state index contributed by atoms with van der Waals surface area (Å²) in [4.78, 5) is 15.1. The third kappa shape index (κ3) is 5.02. The molecular formula is C23H22Cl2N2O4S. The number of likely N-dealkylation sites (tertiary alicyclic amines) is 1. The van der Waals surface area contributed by atoms with Crippen molar-refractivity contribution in [3.8, 4) is 0 Å². The summed E-state index contributed by atoms with van der Waals surface area (Å²) in [5, 5.41) is 3.67. The van der Waals surface area contributed by atoms with Crippen molar-refractivity contribution in [3.63, 3.8) is 0 Å². The molecule has 0 spiro atoms. The zero-order valence-electron chi connectivity index (χ0n) is 17.1. The fourth-order valence-electron chi connectivity index (χ4n) is 3.79. The van der Waals surface area contributed by atoms with Crippen LogP contribution in [0.1, 0.15) is 35.0 Å². The summed E-state index contributed by atoms with van der Waals surface area (Å²) in [6.07, 6.45) is 2.23. The first-order valence-electron chi connectivity index (χ1n) is 10.2. The Morgan fingerprint density at radius 1 is 0.938 bits per heavy atom. The first-order valence-corrected chi connectivity index (χ1v) is 12.5. The van der Waals surface area contributed by atoms with Gasteiger partial charge in [0, 0.05) is 16.6 Å². The fraction of sp³-hybridized carbons (Fsp3) is 0.261. The molecule has 0 radical (unpaired) electrons. The predicted molar refractivity (Wildman–Crippen MR) is 123 cm³/mol. The van der Waals surface area contributed by atoms with Crippen LogP contribution in [0, 0.1) is 0 Å². The number of furan rings is 1. The molecule has 1 fully saturated rings. The minimum Gasteiger partial charge on any atom is -0.439 e. The van der Waals surface area contributed by atoms with Crippen molar-refractivity contribution >= 4 is 38.9 Å². The molecule has 4 rings (SSSR count). The molecule has 1 saturated heterocycles. The Bertz CT molecular complexity index is 1190. The molecule has 1 N–H and O–H groups in total. The molecule has 1 aromatic heterocycles. The number of hydrogen-bond donors (Lipinski definition) is 1. The van der Waals surface area contributed by atoms with E-state index in [9.17, 15) is 13.2 Å². The van der Waals surface area contributed by atoms with Gasteiger partial charge in [-0.2, -0.15) is 0 Å². The van der Waals surface area contributed by atoms with Crippen LogP contribution in [0.3, 0.4) is 0 Å². The number of nitrogens with zero attached hydrogens (tertiary/aromatic N) is 1. The van der Waals surface area contributed by atoms with Crippen molar-refractivity contribution in [3.05, 3.63) is 82.0 Å². The Hall–Kier alpha value is -2.32. The van der Waals surface area contributed by atoms with Crippen molar-refractivity contribution in [2.24, 2.45) is 0 Å². The average Bonchev–Trinajstić information content (AvgIpc) is 3.48. The first-order chi connectivity index (χ1) is 15.3. The van der Waals surface area contributed by atoms with Crippen LogP contribution in [0.4, 0.5) is 0 Å². The summed E-state index contributed by atoms with van der Waals surface area (Å²) in [5.74, 6) is -0.533. The molecule has 2 aromatic carbocycles. The Morgan fingerprint density at radius 2 is 1.53 bits per heavy atom. The maximum absolute atomic E-state index is 12.7. The van der Waals surface area contributed by atoms with Gasteiger partial charge in [0.25, 0.3) is 5.91 Å². The van der Waals surface area contributed by atoms with Crippen molar-refractivity contribution in [1.82, 2.24) is 10.2 Å². The number of carbonyl (C=O) groups excluding carboxylic acids is 1. The van der Waals surface area contributed by atoms with E-state index in [1.165, 1.54) is 36.4 Å². The lowest BCUT2D eigenvalue weighted by Gasteiger charge is -2.28. The topological polar surface area (TPSA) is 79.6 Å². The highest BCUT2D eigenvalue weighted by molar-refractivity contribution is 7.91. The second-order valence-corrected chi connectivity index (χ2v) is 10.4. The van der Waals surface area contributed by atoms with Crippen LogP contribution in [-0.4, -0.2) is 38.9 Å². The van der Waals surface area contributed by atoms with E-state index in [2.05, 4.69) is 10.2 Å². The Labute approximate surface area is 197 Å². The van der Waals surface area contributed by atoms with E-state index in [1.54, 1.807) is 0 Å². The molecule has 32 heavy (non-hydrogen) atoms. The minimum absolute atomic E-state index is 0.00838.